The van der Waals surface area contributed by atoms with Crippen LogP contribution in [0.5, 0.6) is 17.2 Å². The van der Waals surface area contributed by atoms with E-state index in [1.54, 1.807) is 14.2 Å². The molecule has 5 heteroatoms. The van der Waals surface area contributed by atoms with Crippen LogP contribution in [0.4, 0.5) is 0 Å². The van der Waals surface area contributed by atoms with E-state index in [2.05, 4.69) is 5.32 Å². The summed E-state index contributed by atoms with van der Waals surface area (Å²) in [4.78, 5) is 0. The molecule has 0 saturated heterocycles. The molecule has 0 aliphatic rings. The van der Waals surface area contributed by atoms with Gasteiger partial charge in [0.25, 0.3) is 0 Å². The van der Waals surface area contributed by atoms with Crippen molar-refractivity contribution in [3.8, 4) is 17.2 Å². The zero-order chi connectivity index (χ0) is 18.1. The quantitative estimate of drug-likeness (QED) is 0.648. The summed E-state index contributed by atoms with van der Waals surface area (Å²) in [5, 5.41) is 13.3. The van der Waals surface area contributed by atoms with Crippen LogP contribution in [0.1, 0.15) is 11.1 Å². The molecule has 2 rings (SSSR count). The van der Waals surface area contributed by atoms with Crippen molar-refractivity contribution in [3.05, 3.63) is 53.6 Å². The zero-order valence-corrected chi connectivity index (χ0v) is 15.1. The van der Waals surface area contributed by atoms with Crippen molar-refractivity contribution < 1.29 is 19.3 Å². The van der Waals surface area contributed by atoms with Crippen LogP contribution in [-0.4, -0.2) is 45.1 Å². The number of ether oxygens (including phenoxy) is 3. The first-order valence-corrected chi connectivity index (χ1v) is 8.42. The SMILES string of the molecule is COc1ccc(CCNCC(O)COc2ccccc2C)cc1OC. The van der Waals surface area contributed by atoms with Gasteiger partial charge in [0.1, 0.15) is 18.5 Å². The van der Waals surface area contributed by atoms with Crippen molar-refractivity contribution in [2.45, 2.75) is 19.4 Å². The second kappa shape index (κ2) is 9.91. The molecule has 0 aliphatic heterocycles. The van der Waals surface area contributed by atoms with Crippen LogP contribution in [0.25, 0.3) is 0 Å². The maximum Gasteiger partial charge on any atom is 0.160 e. The minimum atomic E-state index is -0.551. The Morgan fingerprint density at radius 2 is 1.76 bits per heavy atom. The Labute approximate surface area is 149 Å². The van der Waals surface area contributed by atoms with Gasteiger partial charge in [0, 0.05) is 6.54 Å². The van der Waals surface area contributed by atoms with Crippen LogP contribution in [0, 0.1) is 6.92 Å². The van der Waals surface area contributed by atoms with Crippen molar-refractivity contribution in [2.24, 2.45) is 0 Å². The topological polar surface area (TPSA) is 60.0 Å². The van der Waals surface area contributed by atoms with Gasteiger partial charge in [-0.2, -0.15) is 0 Å². The second-order valence-corrected chi connectivity index (χ2v) is 5.87. The van der Waals surface area contributed by atoms with E-state index in [1.807, 2.05) is 49.4 Å². The minimum absolute atomic E-state index is 0.272. The molecule has 136 valence electrons. The van der Waals surface area contributed by atoms with E-state index in [4.69, 9.17) is 14.2 Å². The van der Waals surface area contributed by atoms with Crippen LogP contribution in [0.3, 0.4) is 0 Å². The van der Waals surface area contributed by atoms with Gasteiger partial charge in [0.2, 0.25) is 0 Å². The van der Waals surface area contributed by atoms with Gasteiger partial charge in [-0.25, -0.2) is 0 Å². The Balaban J connectivity index is 1.69. The summed E-state index contributed by atoms with van der Waals surface area (Å²) in [7, 11) is 3.25. The number of rotatable bonds is 10. The molecule has 1 unspecified atom stereocenters. The monoisotopic (exact) mass is 345 g/mol. The first kappa shape index (κ1) is 19.1. The molecule has 0 aromatic heterocycles. The largest absolute Gasteiger partial charge is 0.493 e. The summed E-state index contributed by atoms with van der Waals surface area (Å²) in [5.41, 5.74) is 2.21. The highest BCUT2D eigenvalue weighted by Gasteiger charge is 2.07. The standard InChI is InChI=1S/C20H27NO4/c1-15-6-4-5-7-18(15)25-14-17(22)13-21-11-10-16-8-9-19(23-2)20(12-16)24-3/h4-9,12,17,21-22H,10-11,13-14H2,1-3H3. The fourth-order valence-corrected chi connectivity index (χ4v) is 2.50. The molecule has 0 aliphatic carbocycles. The van der Waals surface area contributed by atoms with E-state index in [1.165, 1.54) is 0 Å². The molecular formula is C20H27NO4. The molecule has 0 saturated carbocycles. The van der Waals surface area contributed by atoms with Crippen molar-refractivity contribution in [2.75, 3.05) is 33.9 Å². The normalized spacial score (nSPS) is 11.8. The average Bonchev–Trinajstić information content (AvgIpc) is 2.64. The number of aryl methyl sites for hydroxylation is 1. The molecule has 2 aromatic rings. The summed E-state index contributed by atoms with van der Waals surface area (Å²) >= 11 is 0. The maximum absolute atomic E-state index is 10.0. The van der Waals surface area contributed by atoms with Gasteiger partial charge in [-0.05, 0) is 49.2 Å². The molecular weight excluding hydrogens is 318 g/mol. The Kier molecular flexibility index (Phi) is 7.57. The number of para-hydroxylation sites is 1. The first-order chi connectivity index (χ1) is 12.1. The highest BCUT2D eigenvalue weighted by Crippen LogP contribution is 2.27. The second-order valence-electron chi connectivity index (χ2n) is 5.87. The van der Waals surface area contributed by atoms with Crippen LogP contribution in [0.2, 0.25) is 0 Å². The van der Waals surface area contributed by atoms with E-state index in [0.717, 1.165) is 41.3 Å². The van der Waals surface area contributed by atoms with E-state index in [9.17, 15) is 5.11 Å². The zero-order valence-electron chi connectivity index (χ0n) is 15.1. The number of nitrogens with one attached hydrogen (secondary N) is 1. The molecule has 1 atom stereocenters. The average molecular weight is 345 g/mol. The van der Waals surface area contributed by atoms with Crippen molar-refractivity contribution in [3.63, 3.8) is 0 Å². The third-order valence-electron chi connectivity index (χ3n) is 3.94. The number of hydrogen-bond donors (Lipinski definition) is 2. The van der Waals surface area contributed by atoms with Crippen LogP contribution in [-0.2, 0) is 6.42 Å². The lowest BCUT2D eigenvalue weighted by Crippen LogP contribution is -2.32. The molecule has 0 heterocycles. The minimum Gasteiger partial charge on any atom is -0.493 e. The number of methoxy groups -OCH3 is 2. The van der Waals surface area contributed by atoms with Gasteiger partial charge in [-0.1, -0.05) is 24.3 Å². The van der Waals surface area contributed by atoms with Crippen LogP contribution in [0.15, 0.2) is 42.5 Å². The number of hydrogen-bond acceptors (Lipinski definition) is 5. The summed E-state index contributed by atoms with van der Waals surface area (Å²) in [6.45, 7) is 3.51. The van der Waals surface area contributed by atoms with Gasteiger partial charge >= 0.3 is 0 Å². The molecule has 0 spiro atoms. The van der Waals surface area contributed by atoms with Gasteiger partial charge < -0.3 is 24.6 Å². The molecule has 0 radical (unpaired) electrons. The van der Waals surface area contributed by atoms with Crippen LogP contribution < -0.4 is 19.5 Å². The Hall–Kier alpha value is -2.24. The van der Waals surface area contributed by atoms with Crippen LogP contribution >= 0.6 is 0 Å². The summed E-state index contributed by atoms with van der Waals surface area (Å²) in [6.07, 6.45) is 0.288. The Bertz CT molecular complexity index is 660. The smallest absolute Gasteiger partial charge is 0.160 e. The maximum atomic E-state index is 10.0. The van der Waals surface area contributed by atoms with E-state index >= 15 is 0 Å². The molecule has 0 amide bonds. The number of benzene rings is 2. The highest BCUT2D eigenvalue weighted by molar-refractivity contribution is 5.42. The van der Waals surface area contributed by atoms with E-state index < -0.39 is 6.10 Å². The highest BCUT2D eigenvalue weighted by atomic mass is 16.5. The molecule has 0 fully saturated rings. The summed E-state index contributed by atoms with van der Waals surface area (Å²) in [5.74, 6) is 2.27. The number of aliphatic hydroxyl groups is 1. The lowest BCUT2D eigenvalue weighted by Gasteiger charge is -2.15. The fraction of sp³-hybridized carbons (Fsp3) is 0.400. The third kappa shape index (κ3) is 5.96. The predicted octanol–water partition coefficient (Wildman–Crippen LogP) is 2.58. The number of aliphatic hydroxyl groups excluding tert-OH is 1. The van der Waals surface area contributed by atoms with E-state index in [0.29, 0.717) is 6.54 Å². The molecule has 0 bridgehead atoms. The molecule has 2 aromatic carbocycles. The Morgan fingerprint density at radius 1 is 1.00 bits per heavy atom. The molecule has 25 heavy (non-hydrogen) atoms. The van der Waals surface area contributed by atoms with Crippen molar-refractivity contribution >= 4 is 0 Å². The lowest BCUT2D eigenvalue weighted by atomic mass is 10.1. The summed E-state index contributed by atoms with van der Waals surface area (Å²) < 4.78 is 16.2. The molecule has 2 N–H and O–H groups in total. The van der Waals surface area contributed by atoms with Gasteiger partial charge in [0.05, 0.1) is 14.2 Å². The van der Waals surface area contributed by atoms with E-state index in [-0.39, 0.29) is 6.61 Å². The van der Waals surface area contributed by atoms with Gasteiger partial charge in [0.15, 0.2) is 11.5 Å². The fourth-order valence-electron chi connectivity index (χ4n) is 2.50. The van der Waals surface area contributed by atoms with Crippen molar-refractivity contribution in [1.82, 2.24) is 5.32 Å². The Morgan fingerprint density at radius 3 is 2.48 bits per heavy atom. The third-order valence-corrected chi connectivity index (χ3v) is 3.94. The predicted molar refractivity (Wildman–Crippen MR) is 98.8 cm³/mol. The summed E-state index contributed by atoms with van der Waals surface area (Å²) in [6, 6.07) is 13.7. The van der Waals surface area contributed by atoms with Gasteiger partial charge in [-0.15, -0.1) is 0 Å². The first-order valence-electron chi connectivity index (χ1n) is 8.42. The van der Waals surface area contributed by atoms with Crippen molar-refractivity contribution in [1.29, 1.82) is 0 Å². The lowest BCUT2D eigenvalue weighted by molar-refractivity contribution is 0.106. The van der Waals surface area contributed by atoms with Gasteiger partial charge in [-0.3, -0.25) is 0 Å². The molecule has 5 nitrogen and oxygen atoms in total.